The highest BCUT2D eigenvalue weighted by atomic mass is 16.5. The second-order valence-corrected chi connectivity index (χ2v) is 8.14. The topological polar surface area (TPSA) is 68.2 Å². The van der Waals surface area contributed by atoms with Gasteiger partial charge in [0.1, 0.15) is 11.6 Å². The van der Waals surface area contributed by atoms with Gasteiger partial charge >= 0.3 is 0 Å². The molecule has 2 aromatic rings. The van der Waals surface area contributed by atoms with Crippen LogP contribution in [0, 0.1) is 0 Å². The Bertz CT molecular complexity index is 784. The number of methoxy groups -OCH3 is 1. The lowest BCUT2D eigenvalue weighted by molar-refractivity contribution is -0.131. The Morgan fingerprint density at radius 1 is 1.26 bits per heavy atom. The third-order valence-electron chi connectivity index (χ3n) is 4.98. The molecule has 1 amide bonds. The van der Waals surface area contributed by atoms with Gasteiger partial charge in [0.25, 0.3) is 0 Å². The van der Waals surface area contributed by atoms with Crippen molar-refractivity contribution < 1.29 is 9.53 Å². The van der Waals surface area contributed by atoms with Crippen LogP contribution in [0.5, 0.6) is 5.75 Å². The van der Waals surface area contributed by atoms with Crippen LogP contribution in [0.1, 0.15) is 56.5 Å². The number of aromatic nitrogens is 3. The normalized spacial score (nSPS) is 17.6. The zero-order chi connectivity index (χ0) is 19.4. The van der Waals surface area contributed by atoms with E-state index < -0.39 is 0 Å². The number of amides is 1. The fourth-order valence-electron chi connectivity index (χ4n) is 3.46. The molecule has 2 aromatic heterocycles. The number of carbonyl (C=O) groups is 1. The van der Waals surface area contributed by atoms with E-state index in [0.29, 0.717) is 13.0 Å². The van der Waals surface area contributed by atoms with Crippen LogP contribution in [0.3, 0.4) is 0 Å². The highest BCUT2D eigenvalue weighted by molar-refractivity contribution is 5.78. The van der Waals surface area contributed by atoms with E-state index in [-0.39, 0.29) is 17.2 Å². The standard InChI is InChI=1S/C21H28N4O2/c1-21(2,3)20-23-11-15(12-24-20)10-19(26)25-9-5-6-16(14-25)17-13-22-8-7-18(17)27-4/h7-8,11-13,16H,5-6,9-10,14H2,1-4H3. The second kappa shape index (κ2) is 8.03. The molecule has 3 heterocycles. The van der Waals surface area contributed by atoms with Crippen LogP contribution < -0.4 is 4.74 Å². The molecule has 1 aliphatic rings. The van der Waals surface area contributed by atoms with Gasteiger partial charge in [-0.1, -0.05) is 20.8 Å². The van der Waals surface area contributed by atoms with E-state index in [1.807, 2.05) is 17.2 Å². The zero-order valence-electron chi connectivity index (χ0n) is 16.6. The number of rotatable bonds is 4. The van der Waals surface area contributed by atoms with E-state index in [1.165, 1.54) is 0 Å². The fourth-order valence-corrected chi connectivity index (χ4v) is 3.46. The van der Waals surface area contributed by atoms with E-state index >= 15 is 0 Å². The minimum atomic E-state index is -0.0919. The van der Waals surface area contributed by atoms with Gasteiger partial charge in [-0.2, -0.15) is 0 Å². The second-order valence-electron chi connectivity index (χ2n) is 8.14. The van der Waals surface area contributed by atoms with Gasteiger partial charge < -0.3 is 9.64 Å². The lowest BCUT2D eigenvalue weighted by Crippen LogP contribution is -2.40. The Hall–Kier alpha value is -2.50. The SMILES string of the molecule is COc1ccncc1C1CCCN(C(=O)Cc2cnc(C(C)(C)C)nc2)C1. The minimum absolute atomic E-state index is 0.0919. The first-order valence-corrected chi connectivity index (χ1v) is 9.45. The van der Waals surface area contributed by atoms with Crippen LogP contribution >= 0.6 is 0 Å². The molecule has 0 radical (unpaired) electrons. The van der Waals surface area contributed by atoms with Crippen molar-refractivity contribution in [2.45, 2.75) is 51.4 Å². The molecule has 6 heteroatoms. The third kappa shape index (κ3) is 4.62. The molecular formula is C21H28N4O2. The molecule has 0 spiro atoms. The van der Waals surface area contributed by atoms with Crippen molar-refractivity contribution in [3.8, 4) is 5.75 Å². The molecule has 3 rings (SSSR count). The van der Waals surface area contributed by atoms with E-state index in [2.05, 4.69) is 35.7 Å². The smallest absolute Gasteiger partial charge is 0.227 e. The van der Waals surface area contributed by atoms with Crippen LogP contribution in [-0.4, -0.2) is 46.0 Å². The number of carbonyl (C=O) groups excluding carboxylic acids is 1. The number of hydrogen-bond donors (Lipinski definition) is 0. The summed E-state index contributed by atoms with van der Waals surface area (Å²) in [6, 6.07) is 1.88. The van der Waals surface area contributed by atoms with Crippen LogP contribution in [0.2, 0.25) is 0 Å². The summed E-state index contributed by atoms with van der Waals surface area (Å²) in [5.74, 6) is 2.01. The van der Waals surface area contributed by atoms with E-state index in [0.717, 1.165) is 42.1 Å². The summed E-state index contributed by atoms with van der Waals surface area (Å²) in [4.78, 5) is 27.8. The Kier molecular flexibility index (Phi) is 5.73. The third-order valence-corrected chi connectivity index (χ3v) is 4.98. The first kappa shape index (κ1) is 19.3. The molecule has 1 unspecified atom stereocenters. The number of pyridine rings is 1. The van der Waals surface area contributed by atoms with Crippen molar-refractivity contribution in [3.63, 3.8) is 0 Å². The highest BCUT2D eigenvalue weighted by Crippen LogP contribution is 2.32. The molecule has 0 saturated carbocycles. The van der Waals surface area contributed by atoms with Crippen molar-refractivity contribution in [2.24, 2.45) is 0 Å². The number of hydrogen-bond acceptors (Lipinski definition) is 5. The molecule has 0 aromatic carbocycles. The number of piperidine rings is 1. The van der Waals surface area contributed by atoms with Gasteiger partial charge in [-0.3, -0.25) is 9.78 Å². The largest absolute Gasteiger partial charge is 0.496 e. The predicted octanol–water partition coefficient (Wildman–Crippen LogP) is 3.13. The van der Waals surface area contributed by atoms with E-state index in [4.69, 9.17) is 4.74 Å². The number of likely N-dealkylation sites (tertiary alicyclic amines) is 1. The molecule has 0 aliphatic carbocycles. The van der Waals surface area contributed by atoms with Gasteiger partial charge in [-0.05, 0) is 24.5 Å². The van der Waals surface area contributed by atoms with Crippen molar-refractivity contribution in [3.05, 3.63) is 47.8 Å². The molecule has 1 atom stereocenters. The summed E-state index contributed by atoms with van der Waals surface area (Å²) < 4.78 is 5.47. The van der Waals surface area contributed by atoms with E-state index in [9.17, 15) is 4.79 Å². The average Bonchev–Trinajstić information content (AvgIpc) is 2.67. The summed E-state index contributed by atoms with van der Waals surface area (Å²) >= 11 is 0. The first-order chi connectivity index (χ1) is 12.9. The molecule has 27 heavy (non-hydrogen) atoms. The zero-order valence-corrected chi connectivity index (χ0v) is 16.6. The maximum absolute atomic E-state index is 12.8. The van der Waals surface area contributed by atoms with Gasteiger partial charge in [0.15, 0.2) is 0 Å². The van der Waals surface area contributed by atoms with Gasteiger partial charge in [0.05, 0.1) is 13.5 Å². The average molecular weight is 368 g/mol. The van der Waals surface area contributed by atoms with Crippen molar-refractivity contribution in [1.29, 1.82) is 0 Å². The predicted molar refractivity (Wildman–Crippen MR) is 104 cm³/mol. The molecule has 1 aliphatic heterocycles. The van der Waals surface area contributed by atoms with E-state index in [1.54, 1.807) is 25.7 Å². The van der Waals surface area contributed by atoms with Crippen LogP contribution in [-0.2, 0) is 16.6 Å². The summed E-state index contributed by atoms with van der Waals surface area (Å²) in [6.07, 6.45) is 9.49. The van der Waals surface area contributed by atoms with Gasteiger partial charge in [0.2, 0.25) is 5.91 Å². The molecule has 0 N–H and O–H groups in total. The molecule has 0 bridgehead atoms. The Morgan fingerprint density at radius 3 is 2.67 bits per heavy atom. The summed E-state index contributed by atoms with van der Waals surface area (Å²) in [7, 11) is 1.67. The Balaban J connectivity index is 1.66. The van der Waals surface area contributed by atoms with Gasteiger partial charge in [-0.15, -0.1) is 0 Å². The van der Waals surface area contributed by atoms with Gasteiger partial charge in [0, 0.05) is 54.8 Å². The lowest BCUT2D eigenvalue weighted by Gasteiger charge is -2.33. The molecule has 1 saturated heterocycles. The Labute approximate surface area is 161 Å². The van der Waals surface area contributed by atoms with Crippen LogP contribution in [0.4, 0.5) is 0 Å². The number of nitrogens with zero attached hydrogens (tertiary/aromatic N) is 4. The monoisotopic (exact) mass is 368 g/mol. The van der Waals surface area contributed by atoms with Gasteiger partial charge in [-0.25, -0.2) is 9.97 Å². The maximum atomic E-state index is 12.8. The van der Waals surface area contributed by atoms with Crippen LogP contribution in [0.15, 0.2) is 30.9 Å². The molecular weight excluding hydrogens is 340 g/mol. The minimum Gasteiger partial charge on any atom is -0.496 e. The highest BCUT2D eigenvalue weighted by Gasteiger charge is 2.27. The van der Waals surface area contributed by atoms with Crippen molar-refractivity contribution >= 4 is 5.91 Å². The summed E-state index contributed by atoms with van der Waals surface area (Å²) in [5, 5.41) is 0. The quantitative estimate of drug-likeness (QED) is 0.829. The van der Waals surface area contributed by atoms with Crippen LogP contribution in [0.25, 0.3) is 0 Å². The number of ether oxygens (including phenoxy) is 1. The lowest BCUT2D eigenvalue weighted by atomic mass is 9.91. The Morgan fingerprint density at radius 2 is 2.00 bits per heavy atom. The molecule has 6 nitrogen and oxygen atoms in total. The summed E-state index contributed by atoms with van der Waals surface area (Å²) in [6.45, 7) is 7.72. The molecule has 1 fully saturated rings. The summed E-state index contributed by atoms with van der Waals surface area (Å²) in [5.41, 5.74) is 1.84. The van der Waals surface area contributed by atoms with Crippen molar-refractivity contribution in [1.82, 2.24) is 19.9 Å². The first-order valence-electron chi connectivity index (χ1n) is 9.45. The fraction of sp³-hybridized carbons (Fsp3) is 0.524. The maximum Gasteiger partial charge on any atom is 0.227 e. The van der Waals surface area contributed by atoms with Crippen molar-refractivity contribution in [2.75, 3.05) is 20.2 Å². The molecule has 144 valence electrons.